The highest BCUT2D eigenvalue weighted by atomic mass is 16.3. The van der Waals surface area contributed by atoms with Crippen LogP contribution in [0, 0.1) is 11.3 Å². The van der Waals surface area contributed by atoms with Crippen molar-refractivity contribution < 1.29 is 5.11 Å². The van der Waals surface area contributed by atoms with Gasteiger partial charge in [0.2, 0.25) is 0 Å². The van der Waals surface area contributed by atoms with E-state index in [9.17, 15) is 5.11 Å². The molecule has 1 unspecified atom stereocenters. The van der Waals surface area contributed by atoms with Crippen LogP contribution in [-0.4, -0.2) is 29.2 Å². The molecule has 0 amide bonds. The van der Waals surface area contributed by atoms with E-state index in [0.29, 0.717) is 13.0 Å². The van der Waals surface area contributed by atoms with Crippen LogP contribution >= 0.6 is 0 Å². The highest BCUT2D eigenvalue weighted by Crippen LogP contribution is 2.11. The quantitative estimate of drug-likeness (QED) is 0.783. The minimum atomic E-state index is 0.142. The fourth-order valence-corrected chi connectivity index (χ4v) is 1.91. The Balaban J connectivity index is 2.66. The first kappa shape index (κ1) is 13.7. The first-order valence-corrected chi connectivity index (χ1v) is 6.07. The largest absolute Gasteiger partial charge is 0.395 e. The van der Waals surface area contributed by atoms with E-state index >= 15 is 0 Å². The molecular weight excluding hydrogens is 212 g/mol. The van der Waals surface area contributed by atoms with Gasteiger partial charge in [-0.2, -0.15) is 5.26 Å². The summed E-state index contributed by atoms with van der Waals surface area (Å²) in [5, 5.41) is 18.0. The lowest BCUT2D eigenvalue weighted by atomic mass is 10.1. The third kappa shape index (κ3) is 4.56. The van der Waals surface area contributed by atoms with Crippen molar-refractivity contribution in [2.75, 3.05) is 13.2 Å². The molecule has 1 rings (SSSR count). The van der Waals surface area contributed by atoms with E-state index in [2.05, 4.69) is 30.0 Å². The van der Waals surface area contributed by atoms with Gasteiger partial charge in [0, 0.05) is 25.6 Å². The van der Waals surface area contributed by atoms with Gasteiger partial charge >= 0.3 is 0 Å². The van der Waals surface area contributed by atoms with Crippen molar-refractivity contribution in [3.05, 3.63) is 35.9 Å². The van der Waals surface area contributed by atoms with Crippen molar-refractivity contribution in [1.82, 2.24) is 4.90 Å². The molecule has 1 atom stereocenters. The maximum absolute atomic E-state index is 9.35. The van der Waals surface area contributed by atoms with Gasteiger partial charge in [0.1, 0.15) is 0 Å². The van der Waals surface area contributed by atoms with E-state index in [4.69, 9.17) is 5.26 Å². The third-order valence-corrected chi connectivity index (χ3v) is 2.94. The summed E-state index contributed by atoms with van der Waals surface area (Å²) in [6.07, 6.45) is 1.40. The average molecular weight is 232 g/mol. The van der Waals surface area contributed by atoms with Crippen LogP contribution in [0.5, 0.6) is 0 Å². The van der Waals surface area contributed by atoms with E-state index in [0.717, 1.165) is 13.0 Å². The van der Waals surface area contributed by atoms with Crippen LogP contribution in [0.4, 0.5) is 0 Å². The molecule has 0 aliphatic carbocycles. The molecule has 0 aromatic heterocycles. The molecule has 0 fully saturated rings. The van der Waals surface area contributed by atoms with Crippen molar-refractivity contribution in [3.8, 4) is 6.07 Å². The molecule has 0 bridgehead atoms. The van der Waals surface area contributed by atoms with Crippen LogP contribution < -0.4 is 0 Å². The number of nitrogens with zero attached hydrogens (tertiary/aromatic N) is 2. The van der Waals surface area contributed by atoms with Gasteiger partial charge in [0.25, 0.3) is 0 Å². The topological polar surface area (TPSA) is 47.3 Å². The van der Waals surface area contributed by atoms with Crippen molar-refractivity contribution in [1.29, 1.82) is 5.26 Å². The molecule has 0 aliphatic rings. The first-order chi connectivity index (χ1) is 8.31. The smallest absolute Gasteiger partial charge is 0.0635 e. The van der Waals surface area contributed by atoms with Gasteiger partial charge in [-0.15, -0.1) is 0 Å². The number of hydrogen-bond donors (Lipinski definition) is 1. The molecule has 0 spiro atoms. The monoisotopic (exact) mass is 232 g/mol. The number of aliphatic hydroxyl groups is 1. The summed E-state index contributed by atoms with van der Waals surface area (Å²) in [4.78, 5) is 2.18. The number of rotatable bonds is 7. The van der Waals surface area contributed by atoms with Crippen molar-refractivity contribution in [2.45, 2.75) is 32.4 Å². The molecule has 0 saturated carbocycles. The summed E-state index contributed by atoms with van der Waals surface area (Å²) in [5.74, 6) is 0. The second-order valence-corrected chi connectivity index (χ2v) is 4.11. The second-order valence-electron chi connectivity index (χ2n) is 4.11. The molecule has 17 heavy (non-hydrogen) atoms. The van der Waals surface area contributed by atoms with Gasteiger partial charge in [-0.3, -0.25) is 4.90 Å². The van der Waals surface area contributed by atoms with Crippen molar-refractivity contribution in [3.63, 3.8) is 0 Å². The molecule has 0 radical (unpaired) electrons. The second kappa shape index (κ2) is 7.83. The molecule has 1 N–H and O–H groups in total. The molecule has 3 nitrogen and oxygen atoms in total. The Morgan fingerprint density at radius 2 is 2.06 bits per heavy atom. The van der Waals surface area contributed by atoms with Gasteiger partial charge in [0.05, 0.1) is 12.7 Å². The number of hydrogen-bond acceptors (Lipinski definition) is 3. The van der Waals surface area contributed by atoms with E-state index in [1.807, 2.05) is 18.2 Å². The normalized spacial score (nSPS) is 12.4. The maximum atomic E-state index is 9.35. The van der Waals surface area contributed by atoms with Crippen molar-refractivity contribution >= 4 is 0 Å². The van der Waals surface area contributed by atoms with Crippen LogP contribution in [-0.2, 0) is 6.54 Å². The molecule has 0 heterocycles. The highest BCUT2D eigenvalue weighted by molar-refractivity contribution is 5.14. The van der Waals surface area contributed by atoms with Gasteiger partial charge in [-0.05, 0) is 12.0 Å². The summed E-state index contributed by atoms with van der Waals surface area (Å²) < 4.78 is 0. The molecule has 92 valence electrons. The van der Waals surface area contributed by atoms with Crippen LogP contribution in [0.2, 0.25) is 0 Å². The first-order valence-electron chi connectivity index (χ1n) is 6.07. The fraction of sp³-hybridized carbons (Fsp3) is 0.500. The Labute approximate surface area is 103 Å². The fourth-order valence-electron chi connectivity index (χ4n) is 1.91. The lowest BCUT2D eigenvalue weighted by Gasteiger charge is -2.29. The molecule has 1 aromatic rings. The Hall–Kier alpha value is -1.37. The molecule has 0 saturated heterocycles. The maximum Gasteiger partial charge on any atom is 0.0635 e. The minimum Gasteiger partial charge on any atom is -0.395 e. The lowest BCUT2D eigenvalue weighted by molar-refractivity contribution is 0.115. The number of aliphatic hydroxyl groups excluding tert-OH is 1. The van der Waals surface area contributed by atoms with E-state index in [1.54, 1.807) is 0 Å². The zero-order chi connectivity index (χ0) is 12.5. The van der Waals surface area contributed by atoms with Gasteiger partial charge in [-0.1, -0.05) is 37.3 Å². The lowest BCUT2D eigenvalue weighted by Crippen LogP contribution is -2.37. The third-order valence-electron chi connectivity index (χ3n) is 2.94. The Morgan fingerprint density at radius 3 is 2.59 bits per heavy atom. The zero-order valence-electron chi connectivity index (χ0n) is 10.3. The molecule has 3 heteroatoms. The Morgan fingerprint density at radius 1 is 1.35 bits per heavy atom. The van der Waals surface area contributed by atoms with E-state index in [-0.39, 0.29) is 12.6 Å². The van der Waals surface area contributed by atoms with Gasteiger partial charge in [0.15, 0.2) is 0 Å². The van der Waals surface area contributed by atoms with Crippen LogP contribution in [0.1, 0.15) is 25.3 Å². The Kier molecular flexibility index (Phi) is 6.31. The SMILES string of the molecule is CCC(CO)N(CCC#N)Cc1ccccc1. The van der Waals surface area contributed by atoms with Crippen LogP contribution in [0.25, 0.3) is 0 Å². The number of nitriles is 1. The van der Waals surface area contributed by atoms with Crippen LogP contribution in [0.15, 0.2) is 30.3 Å². The average Bonchev–Trinajstić information content (AvgIpc) is 2.38. The standard InChI is InChI=1S/C14H20N2O/c1-2-14(12-17)16(10-6-9-15)11-13-7-4-3-5-8-13/h3-5,7-8,14,17H,2,6,10-12H2,1H3. The van der Waals surface area contributed by atoms with Crippen LogP contribution in [0.3, 0.4) is 0 Å². The van der Waals surface area contributed by atoms with Gasteiger partial charge in [-0.25, -0.2) is 0 Å². The summed E-state index contributed by atoms with van der Waals surface area (Å²) in [5.41, 5.74) is 1.22. The summed E-state index contributed by atoms with van der Waals surface area (Å²) >= 11 is 0. The van der Waals surface area contributed by atoms with E-state index in [1.165, 1.54) is 5.56 Å². The highest BCUT2D eigenvalue weighted by Gasteiger charge is 2.15. The van der Waals surface area contributed by atoms with Gasteiger partial charge < -0.3 is 5.11 Å². The number of benzene rings is 1. The van der Waals surface area contributed by atoms with E-state index < -0.39 is 0 Å². The summed E-state index contributed by atoms with van der Waals surface area (Å²) in [6, 6.07) is 12.5. The zero-order valence-corrected chi connectivity index (χ0v) is 10.3. The molecular formula is C14H20N2O. The predicted molar refractivity (Wildman–Crippen MR) is 68.2 cm³/mol. The minimum absolute atomic E-state index is 0.142. The molecule has 0 aliphatic heterocycles. The summed E-state index contributed by atoms with van der Waals surface area (Å²) in [7, 11) is 0. The summed E-state index contributed by atoms with van der Waals surface area (Å²) in [6.45, 7) is 3.71. The predicted octanol–water partition coefficient (Wildman–Crippen LogP) is 2.17. The molecule has 1 aromatic carbocycles. The van der Waals surface area contributed by atoms with Crippen molar-refractivity contribution in [2.24, 2.45) is 0 Å². The Bertz CT molecular complexity index is 341.